The third kappa shape index (κ3) is 6.19. The summed E-state index contributed by atoms with van der Waals surface area (Å²) in [5.74, 6) is 1.44. The Morgan fingerprint density at radius 1 is 1.24 bits per heavy atom. The highest BCUT2D eigenvalue weighted by molar-refractivity contribution is 5.28. The molecule has 4 nitrogen and oxygen atoms in total. The second kappa shape index (κ2) is 8.70. The average Bonchev–Trinajstić information content (AvgIpc) is 2.45. The molecule has 0 bridgehead atoms. The van der Waals surface area contributed by atoms with Crippen molar-refractivity contribution in [2.45, 2.75) is 32.9 Å². The zero-order chi connectivity index (χ0) is 15.7. The average molecular weight is 293 g/mol. The van der Waals surface area contributed by atoms with Crippen LogP contribution in [0.1, 0.15) is 26.3 Å². The van der Waals surface area contributed by atoms with Gasteiger partial charge in [0.15, 0.2) is 5.60 Å². The molecular weight excluding hydrogens is 266 g/mol. The maximum Gasteiger partial charge on any atom is 0.159 e. The van der Waals surface area contributed by atoms with Crippen molar-refractivity contribution in [2.75, 3.05) is 26.9 Å². The standard InChI is InChI=1S/C17H27NO3/c1-6-20-14(2)17(3,4)21-16-9-7-15(8-10-16)13-18-11-12-19-5/h7-10,18H,2,6,11-13H2,1,3-5H3. The van der Waals surface area contributed by atoms with Crippen LogP contribution in [-0.2, 0) is 16.0 Å². The topological polar surface area (TPSA) is 39.7 Å². The van der Waals surface area contributed by atoms with Gasteiger partial charge in [0.05, 0.1) is 13.2 Å². The summed E-state index contributed by atoms with van der Waals surface area (Å²) in [7, 11) is 1.70. The van der Waals surface area contributed by atoms with E-state index in [4.69, 9.17) is 14.2 Å². The minimum Gasteiger partial charge on any atom is -0.495 e. The Bertz CT molecular complexity index is 426. The Morgan fingerprint density at radius 3 is 2.48 bits per heavy atom. The fourth-order valence-corrected chi connectivity index (χ4v) is 1.78. The summed E-state index contributed by atoms with van der Waals surface area (Å²) in [6, 6.07) is 8.03. The smallest absolute Gasteiger partial charge is 0.159 e. The molecule has 1 aromatic rings. The summed E-state index contributed by atoms with van der Waals surface area (Å²) in [4.78, 5) is 0. The van der Waals surface area contributed by atoms with Crippen LogP contribution < -0.4 is 10.1 Å². The number of benzene rings is 1. The second-order valence-electron chi connectivity index (χ2n) is 5.28. The van der Waals surface area contributed by atoms with Crippen molar-refractivity contribution in [3.63, 3.8) is 0 Å². The quantitative estimate of drug-likeness (QED) is 0.531. The number of rotatable bonds is 10. The minimum atomic E-state index is -0.547. The van der Waals surface area contributed by atoms with Gasteiger partial charge >= 0.3 is 0 Å². The molecule has 118 valence electrons. The van der Waals surface area contributed by atoms with Gasteiger partial charge in [0.1, 0.15) is 11.5 Å². The van der Waals surface area contributed by atoms with E-state index in [1.165, 1.54) is 5.56 Å². The van der Waals surface area contributed by atoms with Gasteiger partial charge in [-0.05, 0) is 38.5 Å². The first-order chi connectivity index (χ1) is 9.99. The highest BCUT2D eigenvalue weighted by Crippen LogP contribution is 2.24. The molecule has 0 aliphatic rings. The lowest BCUT2D eigenvalue weighted by molar-refractivity contribution is 0.0642. The van der Waals surface area contributed by atoms with E-state index in [0.717, 1.165) is 25.4 Å². The van der Waals surface area contributed by atoms with Crippen LogP contribution in [0, 0.1) is 0 Å². The third-order valence-electron chi connectivity index (χ3n) is 3.10. The van der Waals surface area contributed by atoms with E-state index in [9.17, 15) is 0 Å². The molecule has 1 rings (SSSR count). The van der Waals surface area contributed by atoms with E-state index in [1.54, 1.807) is 7.11 Å². The molecule has 0 aliphatic heterocycles. The Hall–Kier alpha value is -1.52. The second-order valence-corrected chi connectivity index (χ2v) is 5.28. The summed E-state index contributed by atoms with van der Waals surface area (Å²) >= 11 is 0. The Kier molecular flexibility index (Phi) is 7.26. The molecule has 0 unspecified atom stereocenters. The van der Waals surface area contributed by atoms with Crippen molar-refractivity contribution < 1.29 is 14.2 Å². The first kappa shape index (κ1) is 17.5. The van der Waals surface area contributed by atoms with Gasteiger partial charge in [0.25, 0.3) is 0 Å². The molecule has 0 heterocycles. The maximum absolute atomic E-state index is 5.95. The highest BCUT2D eigenvalue weighted by Gasteiger charge is 2.25. The van der Waals surface area contributed by atoms with Crippen molar-refractivity contribution in [3.8, 4) is 5.75 Å². The SMILES string of the molecule is C=C(OCC)C(C)(C)Oc1ccc(CNCCOC)cc1. The van der Waals surface area contributed by atoms with Crippen LogP contribution in [0.4, 0.5) is 0 Å². The molecule has 0 spiro atoms. The zero-order valence-corrected chi connectivity index (χ0v) is 13.6. The zero-order valence-electron chi connectivity index (χ0n) is 13.6. The van der Waals surface area contributed by atoms with Crippen molar-refractivity contribution in [1.82, 2.24) is 5.32 Å². The summed E-state index contributed by atoms with van der Waals surface area (Å²) in [5, 5.41) is 3.31. The van der Waals surface area contributed by atoms with Crippen molar-refractivity contribution in [3.05, 3.63) is 42.2 Å². The third-order valence-corrected chi connectivity index (χ3v) is 3.10. The molecule has 1 N–H and O–H groups in total. The van der Waals surface area contributed by atoms with Crippen molar-refractivity contribution in [1.29, 1.82) is 0 Å². The van der Waals surface area contributed by atoms with Crippen LogP contribution in [0.2, 0.25) is 0 Å². The van der Waals surface area contributed by atoms with Gasteiger partial charge in [-0.25, -0.2) is 0 Å². The number of hydrogen-bond acceptors (Lipinski definition) is 4. The summed E-state index contributed by atoms with van der Waals surface area (Å²) < 4.78 is 16.4. The number of hydrogen-bond donors (Lipinski definition) is 1. The molecule has 0 radical (unpaired) electrons. The first-order valence-corrected chi connectivity index (χ1v) is 7.29. The van der Waals surface area contributed by atoms with E-state index >= 15 is 0 Å². The fourth-order valence-electron chi connectivity index (χ4n) is 1.78. The van der Waals surface area contributed by atoms with Crippen LogP contribution in [0.3, 0.4) is 0 Å². The molecule has 21 heavy (non-hydrogen) atoms. The van der Waals surface area contributed by atoms with Gasteiger partial charge in [0, 0.05) is 20.2 Å². The molecule has 0 aliphatic carbocycles. The van der Waals surface area contributed by atoms with Gasteiger partial charge in [0.2, 0.25) is 0 Å². The Labute approximate surface area is 128 Å². The van der Waals surface area contributed by atoms with Crippen LogP contribution in [0.15, 0.2) is 36.6 Å². The Balaban J connectivity index is 2.52. The predicted molar refractivity (Wildman–Crippen MR) is 85.5 cm³/mol. The summed E-state index contributed by atoms with van der Waals surface area (Å²) in [5.41, 5.74) is 0.661. The Morgan fingerprint density at radius 2 is 1.90 bits per heavy atom. The van der Waals surface area contributed by atoms with Gasteiger partial charge < -0.3 is 19.5 Å². The lowest BCUT2D eigenvalue weighted by Crippen LogP contribution is -2.31. The monoisotopic (exact) mass is 293 g/mol. The largest absolute Gasteiger partial charge is 0.495 e. The van der Waals surface area contributed by atoms with E-state index in [2.05, 4.69) is 24.0 Å². The molecule has 0 aromatic heterocycles. The van der Waals surface area contributed by atoms with Crippen LogP contribution in [0.5, 0.6) is 5.75 Å². The van der Waals surface area contributed by atoms with Crippen LogP contribution >= 0.6 is 0 Å². The van der Waals surface area contributed by atoms with Crippen molar-refractivity contribution in [2.24, 2.45) is 0 Å². The normalized spacial score (nSPS) is 11.2. The van der Waals surface area contributed by atoms with Crippen LogP contribution in [-0.4, -0.2) is 32.5 Å². The van der Waals surface area contributed by atoms with Crippen molar-refractivity contribution >= 4 is 0 Å². The molecule has 0 saturated heterocycles. The molecule has 0 amide bonds. The first-order valence-electron chi connectivity index (χ1n) is 7.29. The molecule has 0 saturated carbocycles. The van der Waals surface area contributed by atoms with E-state index in [0.29, 0.717) is 12.4 Å². The maximum atomic E-state index is 5.95. The molecule has 1 aromatic carbocycles. The highest BCUT2D eigenvalue weighted by atomic mass is 16.5. The lowest BCUT2D eigenvalue weighted by atomic mass is 10.1. The fraction of sp³-hybridized carbons (Fsp3) is 0.529. The van der Waals surface area contributed by atoms with Crippen LogP contribution in [0.25, 0.3) is 0 Å². The molecular formula is C17H27NO3. The van der Waals surface area contributed by atoms with Gasteiger partial charge in [-0.15, -0.1) is 0 Å². The van der Waals surface area contributed by atoms with Gasteiger partial charge in [-0.1, -0.05) is 18.7 Å². The van der Waals surface area contributed by atoms with Gasteiger partial charge in [-0.3, -0.25) is 0 Å². The molecule has 4 heteroatoms. The molecule has 0 atom stereocenters. The lowest BCUT2D eigenvalue weighted by Gasteiger charge is -2.28. The predicted octanol–water partition coefficient (Wildman–Crippen LogP) is 3.13. The van der Waals surface area contributed by atoms with Gasteiger partial charge in [-0.2, -0.15) is 0 Å². The van der Waals surface area contributed by atoms with E-state index in [-0.39, 0.29) is 0 Å². The number of nitrogens with one attached hydrogen (secondary N) is 1. The summed E-state index contributed by atoms with van der Waals surface area (Å²) in [6.07, 6.45) is 0. The van der Waals surface area contributed by atoms with E-state index in [1.807, 2.05) is 32.9 Å². The number of methoxy groups -OCH3 is 1. The minimum absolute atomic E-state index is 0.547. The number of ether oxygens (including phenoxy) is 3. The van der Waals surface area contributed by atoms with E-state index < -0.39 is 5.60 Å². The molecule has 0 fully saturated rings. The summed E-state index contributed by atoms with van der Waals surface area (Å²) in [6.45, 7) is 12.7.